The number of thiocarbonyl (C=S) groups is 1. The van der Waals surface area contributed by atoms with Gasteiger partial charge in [-0.2, -0.15) is 0 Å². The van der Waals surface area contributed by atoms with Crippen molar-refractivity contribution in [3.63, 3.8) is 0 Å². The molecule has 1 saturated heterocycles. The Kier molecular flexibility index (Phi) is 4.13. The van der Waals surface area contributed by atoms with E-state index in [0.29, 0.717) is 11.0 Å². The third-order valence-corrected chi connectivity index (χ3v) is 3.10. The highest BCUT2D eigenvalue weighted by Crippen LogP contribution is 2.21. The Balaban J connectivity index is 2.33. The second kappa shape index (κ2) is 4.91. The van der Waals surface area contributed by atoms with Crippen LogP contribution in [0.25, 0.3) is 0 Å². The molecule has 0 bridgehead atoms. The highest BCUT2D eigenvalue weighted by molar-refractivity contribution is 7.80. The minimum atomic E-state index is 0.644. The molecular weight excluding hydrogens is 180 g/mol. The molecule has 2 unspecified atom stereocenters. The molecule has 0 aromatic carbocycles. The van der Waals surface area contributed by atoms with Crippen LogP contribution in [0.1, 0.15) is 33.1 Å². The first-order valence-corrected chi connectivity index (χ1v) is 5.52. The topological polar surface area (TPSA) is 29.3 Å². The summed E-state index contributed by atoms with van der Waals surface area (Å²) in [4.78, 5) is 3.15. The Morgan fingerprint density at radius 2 is 2.15 bits per heavy atom. The first-order valence-electron chi connectivity index (χ1n) is 5.12. The van der Waals surface area contributed by atoms with Crippen LogP contribution in [0.15, 0.2) is 0 Å². The molecule has 1 rings (SSSR count). The van der Waals surface area contributed by atoms with Crippen LogP contribution in [0.4, 0.5) is 0 Å². The summed E-state index contributed by atoms with van der Waals surface area (Å²) in [5.41, 5.74) is 5.49. The molecule has 0 aliphatic carbocycles. The van der Waals surface area contributed by atoms with Crippen molar-refractivity contribution in [1.29, 1.82) is 0 Å². The Morgan fingerprint density at radius 3 is 2.77 bits per heavy atom. The molecule has 2 N–H and O–H groups in total. The molecule has 13 heavy (non-hydrogen) atoms. The van der Waals surface area contributed by atoms with Gasteiger partial charge in [0.25, 0.3) is 0 Å². The number of nitrogens with zero attached hydrogens (tertiary/aromatic N) is 1. The van der Waals surface area contributed by atoms with Gasteiger partial charge in [0.1, 0.15) is 0 Å². The van der Waals surface area contributed by atoms with Crippen molar-refractivity contribution in [3.05, 3.63) is 0 Å². The van der Waals surface area contributed by atoms with Gasteiger partial charge >= 0.3 is 0 Å². The molecule has 1 heterocycles. The van der Waals surface area contributed by atoms with E-state index in [4.69, 9.17) is 18.0 Å². The van der Waals surface area contributed by atoms with Gasteiger partial charge in [-0.3, -0.25) is 4.90 Å². The fourth-order valence-corrected chi connectivity index (χ4v) is 2.04. The van der Waals surface area contributed by atoms with Gasteiger partial charge in [0.2, 0.25) is 0 Å². The van der Waals surface area contributed by atoms with Gasteiger partial charge in [-0.05, 0) is 25.7 Å². The van der Waals surface area contributed by atoms with Crippen LogP contribution in [0.5, 0.6) is 0 Å². The van der Waals surface area contributed by atoms with Gasteiger partial charge in [0.05, 0.1) is 4.99 Å². The largest absolute Gasteiger partial charge is 0.393 e. The lowest BCUT2D eigenvalue weighted by atomic mass is 9.95. The van der Waals surface area contributed by atoms with Gasteiger partial charge in [-0.1, -0.05) is 19.1 Å². The minimum Gasteiger partial charge on any atom is -0.393 e. The van der Waals surface area contributed by atoms with Crippen LogP contribution in [-0.4, -0.2) is 29.0 Å². The molecule has 0 amide bonds. The van der Waals surface area contributed by atoms with Crippen molar-refractivity contribution in [1.82, 2.24) is 4.90 Å². The smallest absolute Gasteiger partial charge is 0.0740 e. The lowest BCUT2D eigenvalue weighted by Gasteiger charge is -2.36. The van der Waals surface area contributed by atoms with E-state index >= 15 is 0 Å². The lowest BCUT2D eigenvalue weighted by Crippen LogP contribution is -2.42. The van der Waals surface area contributed by atoms with Crippen LogP contribution < -0.4 is 5.73 Å². The number of hydrogen-bond donors (Lipinski definition) is 1. The van der Waals surface area contributed by atoms with Crippen molar-refractivity contribution >= 4 is 17.2 Å². The standard InChI is InChI=1S/C10H20N2S/c1-8-3-4-9(2)12(7-8)6-5-10(11)13/h8-9H,3-7H2,1-2H3,(H2,11,13). The van der Waals surface area contributed by atoms with E-state index in [1.54, 1.807) is 0 Å². The molecule has 76 valence electrons. The van der Waals surface area contributed by atoms with Crippen molar-refractivity contribution < 1.29 is 0 Å². The minimum absolute atomic E-state index is 0.644. The van der Waals surface area contributed by atoms with Crippen molar-refractivity contribution in [2.24, 2.45) is 11.7 Å². The normalized spacial score (nSPS) is 30.3. The van der Waals surface area contributed by atoms with Gasteiger partial charge in [-0.25, -0.2) is 0 Å². The number of hydrogen-bond acceptors (Lipinski definition) is 2. The zero-order valence-electron chi connectivity index (χ0n) is 8.62. The Bertz CT molecular complexity index is 182. The number of piperidine rings is 1. The summed E-state index contributed by atoms with van der Waals surface area (Å²) in [6.45, 7) is 6.87. The molecule has 2 nitrogen and oxygen atoms in total. The summed E-state index contributed by atoms with van der Waals surface area (Å²) in [5, 5.41) is 0. The van der Waals surface area contributed by atoms with Gasteiger partial charge in [0, 0.05) is 25.6 Å². The predicted molar refractivity (Wildman–Crippen MR) is 60.8 cm³/mol. The SMILES string of the molecule is CC1CCC(C)N(CCC(N)=S)C1. The maximum atomic E-state index is 5.49. The van der Waals surface area contributed by atoms with Crippen LogP contribution in [-0.2, 0) is 0 Å². The van der Waals surface area contributed by atoms with Crippen molar-refractivity contribution in [2.45, 2.75) is 39.2 Å². The number of nitrogens with two attached hydrogens (primary N) is 1. The van der Waals surface area contributed by atoms with E-state index in [1.807, 2.05) is 0 Å². The van der Waals surface area contributed by atoms with E-state index in [1.165, 1.54) is 19.4 Å². The van der Waals surface area contributed by atoms with Crippen LogP contribution >= 0.6 is 12.2 Å². The first kappa shape index (κ1) is 10.9. The molecule has 0 aromatic heterocycles. The molecule has 2 atom stereocenters. The van der Waals surface area contributed by atoms with Crippen molar-refractivity contribution in [2.75, 3.05) is 13.1 Å². The first-order chi connectivity index (χ1) is 6.09. The fraction of sp³-hybridized carbons (Fsp3) is 0.900. The van der Waals surface area contributed by atoms with Crippen LogP contribution in [0, 0.1) is 5.92 Å². The molecule has 0 aromatic rings. The summed E-state index contributed by atoms with van der Waals surface area (Å²) in [5.74, 6) is 0.836. The summed E-state index contributed by atoms with van der Waals surface area (Å²) in [6, 6.07) is 0.713. The van der Waals surface area contributed by atoms with E-state index in [0.717, 1.165) is 18.9 Å². The summed E-state index contributed by atoms with van der Waals surface area (Å²) in [7, 11) is 0. The highest BCUT2D eigenvalue weighted by Gasteiger charge is 2.22. The van der Waals surface area contributed by atoms with Gasteiger partial charge < -0.3 is 5.73 Å². The lowest BCUT2D eigenvalue weighted by molar-refractivity contribution is 0.129. The zero-order chi connectivity index (χ0) is 9.84. The molecule has 0 radical (unpaired) electrons. The maximum absolute atomic E-state index is 5.49. The fourth-order valence-electron chi connectivity index (χ4n) is 1.95. The van der Waals surface area contributed by atoms with Gasteiger partial charge in [-0.15, -0.1) is 0 Å². The van der Waals surface area contributed by atoms with E-state index in [-0.39, 0.29) is 0 Å². The second-order valence-electron chi connectivity index (χ2n) is 4.24. The molecule has 3 heteroatoms. The number of likely N-dealkylation sites (tertiary alicyclic amines) is 1. The molecule has 1 fully saturated rings. The molecule has 1 aliphatic heterocycles. The molecular formula is C10H20N2S. The van der Waals surface area contributed by atoms with Gasteiger partial charge in [0.15, 0.2) is 0 Å². The summed E-state index contributed by atoms with van der Waals surface area (Å²) < 4.78 is 0. The maximum Gasteiger partial charge on any atom is 0.0740 e. The van der Waals surface area contributed by atoms with E-state index in [2.05, 4.69) is 18.7 Å². The van der Waals surface area contributed by atoms with Crippen molar-refractivity contribution in [3.8, 4) is 0 Å². The third kappa shape index (κ3) is 3.61. The van der Waals surface area contributed by atoms with Crippen LogP contribution in [0.3, 0.4) is 0 Å². The highest BCUT2D eigenvalue weighted by atomic mass is 32.1. The Morgan fingerprint density at radius 1 is 1.46 bits per heavy atom. The Hall–Kier alpha value is -0.150. The number of rotatable bonds is 3. The average molecular weight is 200 g/mol. The predicted octanol–water partition coefficient (Wildman–Crippen LogP) is 1.78. The molecule has 0 saturated carbocycles. The Labute approximate surface area is 86.5 Å². The quantitative estimate of drug-likeness (QED) is 0.704. The average Bonchev–Trinajstić information content (AvgIpc) is 2.06. The summed E-state index contributed by atoms with van der Waals surface area (Å²) in [6.07, 6.45) is 3.55. The van der Waals surface area contributed by atoms with E-state index in [9.17, 15) is 0 Å². The monoisotopic (exact) mass is 200 g/mol. The molecule has 0 spiro atoms. The summed E-state index contributed by atoms with van der Waals surface area (Å²) >= 11 is 4.88. The van der Waals surface area contributed by atoms with E-state index < -0.39 is 0 Å². The third-order valence-electron chi connectivity index (χ3n) is 2.89. The zero-order valence-corrected chi connectivity index (χ0v) is 9.44. The molecule has 1 aliphatic rings. The second-order valence-corrected chi connectivity index (χ2v) is 4.77. The van der Waals surface area contributed by atoms with Crippen LogP contribution in [0.2, 0.25) is 0 Å².